The molecule has 0 heterocycles. The van der Waals surface area contributed by atoms with Gasteiger partial charge in [-0.15, -0.1) is 0 Å². The summed E-state index contributed by atoms with van der Waals surface area (Å²) in [4.78, 5) is 18.4. The molecule has 0 aromatic rings. The molecule has 0 saturated heterocycles. The van der Waals surface area contributed by atoms with E-state index in [1.165, 1.54) is 0 Å². The summed E-state index contributed by atoms with van der Waals surface area (Å²) in [6.07, 6.45) is 1.91. The first-order valence-electron chi connectivity index (χ1n) is 1.39. The molecule has 0 unspecified atom stereocenters. The maximum atomic E-state index is 9.90. The summed E-state index contributed by atoms with van der Waals surface area (Å²) in [5.41, 5.74) is 0. The monoisotopic (exact) mass is 132 g/mol. The maximum absolute atomic E-state index is 9.90. The van der Waals surface area contributed by atoms with Gasteiger partial charge < -0.3 is 0 Å². The number of nitrogens with zero attached hydrogens (tertiary/aromatic N) is 2. The molecule has 0 aliphatic carbocycles. The molecular weight excluding hydrogens is 132 g/mol. The van der Waals surface area contributed by atoms with E-state index in [4.69, 9.17) is 0 Å². The average molecular weight is 132 g/mol. The van der Waals surface area contributed by atoms with Gasteiger partial charge in [-0.3, -0.25) is 0 Å². The molecule has 5 nitrogen and oxygen atoms in total. The van der Waals surface area contributed by atoms with Crippen LogP contribution in [0.3, 0.4) is 0 Å². The zero-order valence-electron chi connectivity index (χ0n) is 3.53. The highest BCUT2D eigenvalue weighted by Crippen LogP contribution is 1.77. The first-order chi connectivity index (χ1) is 3.81. The predicted molar refractivity (Wildman–Crippen MR) is 24.4 cm³/mol. The van der Waals surface area contributed by atoms with Crippen molar-refractivity contribution < 1.29 is 13.8 Å². The van der Waals surface area contributed by atoms with Crippen LogP contribution < -0.4 is 0 Å². The van der Waals surface area contributed by atoms with Crippen molar-refractivity contribution in [2.45, 2.75) is 0 Å². The van der Waals surface area contributed by atoms with Gasteiger partial charge >= 0.3 is 0 Å². The fourth-order valence-electron chi connectivity index (χ4n) is 0.0842. The minimum Gasteiger partial charge on any atom is -0.210 e. The van der Waals surface area contributed by atoms with Crippen molar-refractivity contribution in [2.24, 2.45) is 8.80 Å². The molecule has 42 valence electrons. The second-order valence-corrected chi connectivity index (χ2v) is 1.42. The van der Waals surface area contributed by atoms with Crippen LogP contribution in [0.5, 0.6) is 0 Å². The second-order valence-electron chi connectivity index (χ2n) is 0.596. The van der Waals surface area contributed by atoms with Crippen molar-refractivity contribution in [1.29, 1.82) is 0 Å². The number of isocyanates is 2. The van der Waals surface area contributed by atoms with Gasteiger partial charge in [0.05, 0.1) is 0 Å². The van der Waals surface area contributed by atoms with Crippen molar-refractivity contribution in [3.8, 4) is 0 Å². The maximum Gasteiger partial charge on any atom is 0.287 e. The third-order valence-corrected chi connectivity index (χ3v) is 0.692. The van der Waals surface area contributed by atoms with E-state index in [9.17, 15) is 13.8 Å². The van der Waals surface area contributed by atoms with Crippen molar-refractivity contribution in [3.63, 3.8) is 0 Å². The Bertz CT molecular complexity index is 167. The third kappa shape index (κ3) is 3.11. The SMILES string of the molecule is O=C=NS(=O)N=C=O. The highest BCUT2D eigenvalue weighted by Gasteiger charge is 1.84. The van der Waals surface area contributed by atoms with E-state index in [0.29, 0.717) is 0 Å². The van der Waals surface area contributed by atoms with Gasteiger partial charge in [0.1, 0.15) is 0 Å². The van der Waals surface area contributed by atoms with Gasteiger partial charge in [0.2, 0.25) is 0 Å². The molecule has 0 N–H and O–H groups in total. The van der Waals surface area contributed by atoms with E-state index < -0.39 is 11.2 Å². The van der Waals surface area contributed by atoms with Crippen LogP contribution >= 0.6 is 0 Å². The molecule has 0 rings (SSSR count). The molecule has 0 aliphatic heterocycles. The van der Waals surface area contributed by atoms with Crippen molar-refractivity contribution >= 4 is 23.3 Å². The van der Waals surface area contributed by atoms with Gasteiger partial charge in [-0.1, -0.05) is 8.80 Å². The van der Waals surface area contributed by atoms with Gasteiger partial charge in [0, 0.05) is 0 Å². The van der Waals surface area contributed by atoms with E-state index in [1.54, 1.807) is 0 Å². The fourth-order valence-corrected chi connectivity index (χ4v) is 0.253. The minimum atomic E-state index is -2.12. The highest BCUT2D eigenvalue weighted by atomic mass is 32.2. The molecule has 6 heteroatoms. The van der Waals surface area contributed by atoms with E-state index >= 15 is 0 Å². The molecule has 8 heavy (non-hydrogen) atoms. The lowest BCUT2D eigenvalue weighted by Gasteiger charge is -1.65. The van der Waals surface area contributed by atoms with E-state index in [2.05, 4.69) is 8.80 Å². The number of rotatable bonds is 2. The summed E-state index contributed by atoms with van der Waals surface area (Å²) in [5, 5.41) is 0. The topological polar surface area (TPSA) is 75.9 Å². The predicted octanol–water partition coefficient (Wildman–Crippen LogP) is -0.763. The standard InChI is InChI=1S/C2N2O3S/c5-1-3-8(7)4-2-6. The van der Waals surface area contributed by atoms with Crippen LogP contribution in [0, 0.1) is 0 Å². The van der Waals surface area contributed by atoms with Gasteiger partial charge in [-0.05, 0) is 0 Å². The Labute approximate surface area is 46.9 Å². The summed E-state index contributed by atoms with van der Waals surface area (Å²) in [5.74, 6) is 0. The van der Waals surface area contributed by atoms with E-state index in [1.807, 2.05) is 0 Å². The molecule has 0 spiro atoms. The summed E-state index contributed by atoms with van der Waals surface area (Å²) in [7, 11) is 0. The van der Waals surface area contributed by atoms with Gasteiger partial charge in [0.25, 0.3) is 23.3 Å². The smallest absolute Gasteiger partial charge is 0.210 e. The van der Waals surface area contributed by atoms with Crippen LogP contribution in [0.2, 0.25) is 0 Å². The Hall–Kier alpha value is -1.09. The molecule has 0 radical (unpaired) electrons. The number of hydrogen-bond acceptors (Lipinski definition) is 3. The van der Waals surface area contributed by atoms with Gasteiger partial charge in [-0.2, -0.15) is 0 Å². The van der Waals surface area contributed by atoms with Crippen LogP contribution in [-0.2, 0) is 20.8 Å². The molecule has 0 aliphatic rings. The van der Waals surface area contributed by atoms with Crippen LogP contribution in [0.1, 0.15) is 0 Å². The Kier molecular flexibility index (Phi) is 3.52. The average Bonchev–Trinajstić information content (AvgIpc) is 1.68. The number of hydrogen-bond donors (Lipinski definition) is 0. The molecule has 0 amide bonds. The normalized spacial score (nSPS) is 10.5. The van der Waals surface area contributed by atoms with E-state index in [-0.39, 0.29) is 0 Å². The Morgan fingerprint density at radius 3 is 1.75 bits per heavy atom. The lowest BCUT2D eigenvalue weighted by Crippen LogP contribution is -1.72. The minimum absolute atomic E-state index is 0.954. The van der Waals surface area contributed by atoms with Gasteiger partial charge in [-0.25, -0.2) is 13.8 Å². The lowest BCUT2D eigenvalue weighted by molar-refractivity contribution is 0.565. The number of carbonyl (C=O) groups excluding carboxylic acids is 2. The zero-order chi connectivity index (χ0) is 6.41. The first-order valence-corrected chi connectivity index (χ1v) is 2.45. The van der Waals surface area contributed by atoms with Crippen molar-refractivity contribution in [1.82, 2.24) is 0 Å². The summed E-state index contributed by atoms with van der Waals surface area (Å²) in [6, 6.07) is 0. The van der Waals surface area contributed by atoms with Crippen molar-refractivity contribution in [2.75, 3.05) is 0 Å². The summed E-state index contributed by atoms with van der Waals surface area (Å²) < 4.78 is 15.0. The quantitative estimate of drug-likeness (QED) is 0.366. The van der Waals surface area contributed by atoms with Crippen LogP contribution in [0.15, 0.2) is 8.80 Å². The third-order valence-electron chi connectivity index (χ3n) is 0.231. The van der Waals surface area contributed by atoms with Crippen LogP contribution in [-0.4, -0.2) is 16.4 Å². The van der Waals surface area contributed by atoms with Crippen molar-refractivity contribution in [3.05, 3.63) is 0 Å². The fraction of sp³-hybridized carbons (Fsp3) is 0. The molecule has 0 aromatic carbocycles. The lowest BCUT2D eigenvalue weighted by atomic mass is 11.7. The Morgan fingerprint density at radius 2 is 1.50 bits per heavy atom. The Balaban J connectivity index is 4.04. The van der Waals surface area contributed by atoms with Gasteiger partial charge in [0.15, 0.2) is 0 Å². The highest BCUT2D eigenvalue weighted by molar-refractivity contribution is 7.82. The zero-order valence-corrected chi connectivity index (χ0v) is 4.34. The molecule has 0 fully saturated rings. The van der Waals surface area contributed by atoms with Crippen LogP contribution in [0.25, 0.3) is 0 Å². The molecule has 0 saturated carbocycles. The molecule has 0 aromatic heterocycles. The summed E-state index contributed by atoms with van der Waals surface area (Å²) >= 11 is -2.12. The van der Waals surface area contributed by atoms with Crippen LogP contribution in [0.4, 0.5) is 0 Å². The molecule has 0 bridgehead atoms. The summed E-state index contributed by atoms with van der Waals surface area (Å²) in [6.45, 7) is 0. The van der Waals surface area contributed by atoms with E-state index in [0.717, 1.165) is 12.2 Å². The second kappa shape index (κ2) is 4.08. The molecule has 0 atom stereocenters. The molecular formula is C2N2O3S. The Morgan fingerprint density at radius 1 is 1.12 bits per heavy atom. The first kappa shape index (κ1) is 6.91. The largest absolute Gasteiger partial charge is 0.287 e.